The third-order valence-corrected chi connectivity index (χ3v) is 5.71. The molecule has 1 saturated heterocycles. The maximum atomic E-state index is 13.4. The molecular formula is C14H20FNO3S. The van der Waals surface area contributed by atoms with Crippen LogP contribution in [0.2, 0.25) is 0 Å². The fraction of sp³-hybridized carbons (Fsp3) is 0.571. The van der Waals surface area contributed by atoms with Gasteiger partial charge in [0.05, 0.1) is 11.0 Å². The molecule has 4 nitrogen and oxygen atoms in total. The second-order valence-corrected chi connectivity index (χ2v) is 7.38. The lowest BCUT2D eigenvalue weighted by molar-refractivity contribution is 0.0912. The highest BCUT2D eigenvalue weighted by molar-refractivity contribution is 7.89. The van der Waals surface area contributed by atoms with E-state index in [0.717, 1.165) is 6.07 Å². The first-order chi connectivity index (χ1) is 9.30. The minimum absolute atomic E-state index is 0.00509. The Kier molecular flexibility index (Phi) is 4.46. The Morgan fingerprint density at radius 2 is 1.90 bits per heavy atom. The summed E-state index contributed by atoms with van der Waals surface area (Å²) < 4.78 is 39.7. The molecule has 112 valence electrons. The van der Waals surface area contributed by atoms with Crippen molar-refractivity contribution in [1.82, 2.24) is 4.31 Å². The largest absolute Gasteiger partial charge is 0.393 e. The monoisotopic (exact) mass is 301 g/mol. The van der Waals surface area contributed by atoms with Crippen LogP contribution in [-0.4, -0.2) is 37.0 Å². The van der Waals surface area contributed by atoms with Crippen molar-refractivity contribution in [3.05, 3.63) is 29.6 Å². The number of hydrogen-bond acceptors (Lipinski definition) is 3. The Hall–Kier alpha value is -0.980. The second kappa shape index (κ2) is 5.79. The predicted molar refractivity (Wildman–Crippen MR) is 74.3 cm³/mol. The molecule has 0 saturated carbocycles. The highest BCUT2D eigenvalue weighted by Crippen LogP contribution is 2.26. The highest BCUT2D eigenvalue weighted by atomic mass is 32.2. The molecule has 1 unspecified atom stereocenters. The molecule has 6 heteroatoms. The molecule has 0 spiro atoms. The summed E-state index contributed by atoms with van der Waals surface area (Å²) in [4.78, 5) is 0.00509. The predicted octanol–water partition coefficient (Wildman–Crippen LogP) is 1.92. The van der Waals surface area contributed by atoms with Gasteiger partial charge in [-0.2, -0.15) is 4.31 Å². The number of aliphatic hydroxyl groups is 1. The van der Waals surface area contributed by atoms with Crippen LogP contribution in [0.15, 0.2) is 23.1 Å². The van der Waals surface area contributed by atoms with Crippen LogP contribution in [0.1, 0.15) is 25.3 Å². The van der Waals surface area contributed by atoms with E-state index in [9.17, 15) is 17.9 Å². The first kappa shape index (κ1) is 15.4. The van der Waals surface area contributed by atoms with Gasteiger partial charge in [-0.3, -0.25) is 0 Å². The van der Waals surface area contributed by atoms with Crippen LogP contribution >= 0.6 is 0 Å². The Morgan fingerprint density at radius 1 is 1.30 bits per heavy atom. The van der Waals surface area contributed by atoms with Crippen molar-refractivity contribution in [2.45, 2.75) is 37.7 Å². The van der Waals surface area contributed by atoms with Crippen molar-refractivity contribution in [1.29, 1.82) is 0 Å². The third kappa shape index (κ3) is 3.19. The van der Waals surface area contributed by atoms with Crippen LogP contribution < -0.4 is 0 Å². The lowest BCUT2D eigenvalue weighted by atomic mass is 9.93. The van der Waals surface area contributed by atoms with Gasteiger partial charge in [0.1, 0.15) is 5.82 Å². The van der Waals surface area contributed by atoms with Crippen LogP contribution in [0.4, 0.5) is 4.39 Å². The SMILES string of the molecule is Cc1cc(F)cc(S(=O)(=O)N2CCC(C(C)O)CC2)c1. The lowest BCUT2D eigenvalue weighted by Gasteiger charge is -2.32. The van der Waals surface area contributed by atoms with Crippen molar-refractivity contribution in [2.24, 2.45) is 5.92 Å². The molecule has 1 aliphatic heterocycles. The van der Waals surface area contributed by atoms with E-state index < -0.39 is 21.9 Å². The minimum Gasteiger partial charge on any atom is -0.393 e. The topological polar surface area (TPSA) is 57.6 Å². The van der Waals surface area contributed by atoms with Crippen LogP contribution in [-0.2, 0) is 10.0 Å². The number of nitrogens with zero attached hydrogens (tertiary/aromatic N) is 1. The lowest BCUT2D eigenvalue weighted by Crippen LogP contribution is -2.40. The Bertz CT molecular complexity index is 558. The van der Waals surface area contributed by atoms with Crippen molar-refractivity contribution in [3.8, 4) is 0 Å². The fourth-order valence-corrected chi connectivity index (χ4v) is 4.19. The quantitative estimate of drug-likeness (QED) is 0.928. The number of hydrogen-bond donors (Lipinski definition) is 1. The minimum atomic E-state index is -3.64. The van der Waals surface area contributed by atoms with Gasteiger partial charge in [0, 0.05) is 13.1 Å². The molecule has 1 aliphatic rings. The van der Waals surface area contributed by atoms with Crippen molar-refractivity contribution >= 4 is 10.0 Å². The number of halogens is 1. The summed E-state index contributed by atoms with van der Waals surface area (Å²) in [6.45, 7) is 4.13. The van der Waals surface area contributed by atoms with Gasteiger partial charge in [0.2, 0.25) is 10.0 Å². The molecule has 1 fully saturated rings. The van der Waals surface area contributed by atoms with Crippen LogP contribution in [0, 0.1) is 18.7 Å². The van der Waals surface area contributed by atoms with E-state index in [1.807, 2.05) is 0 Å². The summed E-state index contributed by atoms with van der Waals surface area (Å²) in [6.07, 6.45) is 0.840. The molecule has 0 aromatic heterocycles. The van der Waals surface area contributed by atoms with Crippen LogP contribution in [0.25, 0.3) is 0 Å². The maximum Gasteiger partial charge on any atom is 0.243 e. The van der Waals surface area contributed by atoms with E-state index in [2.05, 4.69) is 0 Å². The number of benzene rings is 1. The normalized spacial score (nSPS) is 20.0. The van der Waals surface area contributed by atoms with Gasteiger partial charge in [-0.15, -0.1) is 0 Å². The Labute approximate surface area is 119 Å². The molecule has 1 N–H and O–H groups in total. The van der Waals surface area contributed by atoms with E-state index in [4.69, 9.17) is 0 Å². The maximum absolute atomic E-state index is 13.4. The van der Waals surface area contributed by atoms with Gasteiger partial charge >= 0.3 is 0 Å². The zero-order valence-electron chi connectivity index (χ0n) is 11.7. The van der Waals surface area contributed by atoms with Gasteiger partial charge in [-0.25, -0.2) is 12.8 Å². The summed E-state index contributed by atoms with van der Waals surface area (Å²) >= 11 is 0. The smallest absolute Gasteiger partial charge is 0.243 e. The van der Waals surface area contributed by atoms with E-state index in [0.29, 0.717) is 31.5 Å². The van der Waals surface area contributed by atoms with Crippen molar-refractivity contribution < 1.29 is 17.9 Å². The summed E-state index contributed by atoms with van der Waals surface area (Å²) in [5, 5.41) is 9.54. The van der Waals surface area contributed by atoms with Gasteiger partial charge in [-0.05, 0) is 56.4 Å². The van der Waals surface area contributed by atoms with Crippen LogP contribution in [0.5, 0.6) is 0 Å². The standard InChI is InChI=1S/C14H20FNO3S/c1-10-7-13(15)9-14(8-10)20(18,19)16-5-3-12(4-6-16)11(2)17/h7-9,11-12,17H,3-6H2,1-2H3. The molecule has 1 aromatic carbocycles. The highest BCUT2D eigenvalue weighted by Gasteiger charge is 2.31. The van der Waals surface area contributed by atoms with Crippen LogP contribution in [0.3, 0.4) is 0 Å². The summed E-state index contributed by atoms with van der Waals surface area (Å²) in [5.41, 5.74) is 0.586. The third-order valence-electron chi connectivity index (χ3n) is 3.83. The number of aliphatic hydroxyl groups excluding tert-OH is 1. The summed E-state index contributed by atoms with van der Waals surface area (Å²) in [7, 11) is -3.64. The average molecular weight is 301 g/mol. The van der Waals surface area contributed by atoms with Crippen molar-refractivity contribution in [3.63, 3.8) is 0 Å². The van der Waals surface area contributed by atoms with Gasteiger partial charge in [-0.1, -0.05) is 0 Å². The summed E-state index contributed by atoms with van der Waals surface area (Å²) in [5.74, 6) is -0.405. The van der Waals surface area contributed by atoms with E-state index in [-0.39, 0.29) is 10.8 Å². The van der Waals surface area contributed by atoms with E-state index >= 15 is 0 Å². The molecule has 1 atom stereocenters. The van der Waals surface area contributed by atoms with Gasteiger partial charge in [0.15, 0.2) is 0 Å². The number of rotatable bonds is 3. The summed E-state index contributed by atoms with van der Waals surface area (Å²) in [6, 6.07) is 3.85. The first-order valence-corrected chi connectivity index (χ1v) is 8.20. The number of aryl methyl sites for hydroxylation is 1. The Balaban J connectivity index is 2.19. The van der Waals surface area contributed by atoms with Crippen molar-refractivity contribution in [2.75, 3.05) is 13.1 Å². The zero-order valence-corrected chi connectivity index (χ0v) is 12.5. The zero-order chi connectivity index (χ0) is 14.9. The molecule has 1 aromatic rings. The Morgan fingerprint density at radius 3 is 2.40 bits per heavy atom. The first-order valence-electron chi connectivity index (χ1n) is 6.76. The molecule has 20 heavy (non-hydrogen) atoms. The average Bonchev–Trinajstić information content (AvgIpc) is 2.37. The van der Waals surface area contributed by atoms with E-state index in [1.165, 1.54) is 16.4 Å². The number of sulfonamides is 1. The van der Waals surface area contributed by atoms with Gasteiger partial charge in [0.25, 0.3) is 0 Å². The van der Waals surface area contributed by atoms with E-state index in [1.54, 1.807) is 13.8 Å². The molecule has 2 rings (SSSR count). The van der Waals surface area contributed by atoms with Gasteiger partial charge < -0.3 is 5.11 Å². The second-order valence-electron chi connectivity index (χ2n) is 5.45. The molecule has 0 aliphatic carbocycles. The molecule has 1 heterocycles. The fourth-order valence-electron chi connectivity index (χ4n) is 2.60. The molecule has 0 amide bonds. The molecule has 0 bridgehead atoms. The number of piperidine rings is 1. The molecule has 0 radical (unpaired) electrons. The molecular weight excluding hydrogens is 281 g/mol.